The van der Waals surface area contributed by atoms with Crippen LogP contribution in [0, 0.1) is 6.92 Å². The number of aliphatic carboxylic acids is 1. The number of hydrogen-bond acceptors (Lipinski definition) is 5. The number of nitrogens with zero attached hydrogens (tertiary/aromatic N) is 1. The number of ether oxygens (including phenoxy) is 1. The van der Waals surface area contributed by atoms with Gasteiger partial charge in [-0.1, -0.05) is 0 Å². The van der Waals surface area contributed by atoms with E-state index in [4.69, 9.17) is 5.11 Å². The van der Waals surface area contributed by atoms with Crippen molar-refractivity contribution < 1.29 is 19.4 Å². The van der Waals surface area contributed by atoms with Crippen molar-refractivity contribution in [3.63, 3.8) is 0 Å². The van der Waals surface area contributed by atoms with Gasteiger partial charge >= 0.3 is 5.97 Å². The average molecular weight is 244 g/mol. The summed E-state index contributed by atoms with van der Waals surface area (Å²) in [7, 11) is 1.42. The van der Waals surface area contributed by atoms with Gasteiger partial charge in [-0.3, -0.25) is 14.9 Å². The summed E-state index contributed by atoms with van der Waals surface area (Å²) in [4.78, 5) is 26.4. The van der Waals surface area contributed by atoms with Crippen LogP contribution in [0.5, 0.6) is 0 Å². The quantitative estimate of drug-likeness (QED) is 0.794. The molecule has 0 atom stereocenters. The van der Waals surface area contributed by atoms with Crippen molar-refractivity contribution in [3.05, 3.63) is 10.6 Å². The maximum Gasteiger partial charge on any atom is 0.308 e. The third kappa shape index (κ3) is 3.59. The van der Waals surface area contributed by atoms with E-state index in [0.29, 0.717) is 15.7 Å². The van der Waals surface area contributed by atoms with Crippen LogP contribution >= 0.6 is 11.3 Å². The number of rotatable bonds is 5. The molecule has 0 fully saturated rings. The Bertz CT molecular complexity index is 402. The number of carboxylic acids is 1. The first-order chi connectivity index (χ1) is 7.52. The Labute approximate surface area is 96.3 Å². The molecule has 0 aliphatic rings. The molecule has 7 heteroatoms. The lowest BCUT2D eigenvalue weighted by Gasteiger charge is -1.98. The van der Waals surface area contributed by atoms with E-state index in [-0.39, 0.29) is 18.9 Å². The lowest BCUT2D eigenvalue weighted by Crippen LogP contribution is -2.16. The molecule has 0 aliphatic heterocycles. The molecule has 88 valence electrons. The van der Waals surface area contributed by atoms with E-state index >= 15 is 0 Å². The maximum atomic E-state index is 11.2. The molecule has 2 N–H and O–H groups in total. The Kier molecular flexibility index (Phi) is 4.39. The van der Waals surface area contributed by atoms with Gasteiger partial charge in [-0.05, 0) is 6.92 Å². The summed E-state index contributed by atoms with van der Waals surface area (Å²) in [5, 5.41) is 11.6. The Morgan fingerprint density at radius 2 is 2.25 bits per heavy atom. The van der Waals surface area contributed by atoms with Gasteiger partial charge in [-0.2, -0.15) is 0 Å². The second kappa shape index (κ2) is 5.57. The average Bonchev–Trinajstić information content (AvgIpc) is 2.45. The van der Waals surface area contributed by atoms with E-state index in [1.165, 1.54) is 7.11 Å². The highest BCUT2D eigenvalue weighted by molar-refractivity contribution is 7.16. The fourth-order valence-corrected chi connectivity index (χ4v) is 2.04. The first kappa shape index (κ1) is 12.6. The normalized spacial score (nSPS) is 10.1. The van der Waals surface area contributed by atoms with Crippen molar-refractivity contribution in [2.24, 2.45) is 0 Å². The molecule has 1 aromatic rings. The van der Waals surface area contributed by atoms with Crippen LogP contribution in [0.25, 0.3) is 0 Å². The minimum Gasteiger partial charge on any atom is -0.481 e. The van der Waals surface area contributed by atoms with Crippen LogP contribution in [0.3, 0.4) is 0 Å². The standard InChI is InChI=1S/C9H12N2O4S/c1-5-6(3-8(13)14)16-9(10-5)11-7(12)4-15-2/h3-4H2,1-2H3,(H,13,14)(H,10,11,12). The molecular formula is C9H12N2O4S. The topological polar surface area (TPSA) is 88.5 Å². The van der Waals surface area contributed by atoms with E-state index in [1.807, 2.05) is 0 Å². The molecule has 1 rings (SSSR count). The van der Waals surface area contributed by atoms with Gasteiger partial charge in [0.05, 0.1) is 12.1 Å². The molecule has 0 saturated carbocycles. The number of carbonyl (C=O) groups is 2. The molecule has 1 aromatic heterocycles. The van der Waals surface area contributed by atoms with E-state index in [9.17, 15) is 9.59 Å². The van der Waals surface area contributed by atoms with Gasteiger partial charge in [0.1, 0.15) is 6.61 Å². The van der Waals surface area contributed by atoms with E-state index in [1.54, 1.807) is 6.92 Å². The van der Waals surface area contributed by atoms with Gasteiger partial charge in [0, 0.05) is 12.0 Å². The number of aryl methyl sites for hydroxylation is 1. The first-order valence-corrected chi connectivity index (χ1v) is 5.31. The third-order valence-corrected chi connectivity index (χ3v) is 2.80. The van der Waals surface area contributed by atoms with Crippen LogP contribution in [0.1, 0.15) is 10.6 Å². The van der Waals surface area contributed by atoms with Crippen LogP contribution < -0.4 is 5.32 Å². The summed E-state index contributed by atoms with van der Waals surface area (Å²) in [6.45, 7) is 1.66. The molecule has 0 spiro atoms. The molecule has 0 aliphatic carbocycles. The minimum atomic E-state index is -0.915. The smallest absolute Gasteiger partial charge is 0.308 e. The van der Waals surface area contributed by atoms with Crippen LogP contribution in [-0.4, -0.2) is 35.7 Å². The molecule has 0 bridgehead atoms. The van der Waals surface area contributed by atoms with Crippen molar-refractivity contribution in [3.8, 4) is 0 Å². The van der Waals surface area contributed by atoms with Crippen LogP contribution in [0.4, 0.5) is 5.13 Å². The van der Waals surface area contributed by atoms with Crippen LogP contribution in [-0.2, 0) is 20.7 Å². The van der Waals surface area contributed by atoms with Crippen molar-refractivity contribution in [1.82, 2.24) is 4.98 Å². The molecule has 1 amide bonds. The number of carboxylic acid groups (broad SMARTS) is 1. The van der Waals surface area contributed by atoms with Gasteiger partial charge < -0.3 is 9.84 Å². The molecule has 1 heterocycles. The van der Waals surface area contributed by atoms with Crippen molar-refractivity contribution >= 4 is 28.3 Å². The van der Waals surface area contributed by atoms with Crippen molar-refractivity contribution in [2.45, 2.75) is 13.3 Å². The molecule has 16 heavy (non-hydrogen) atoms. The summed E-state index contributed by atoms with van der Waals surface area (Å²) in [6, 6.07) is 0. The predicted octanol–water partition coefficient (Wildman–Crippen LogP) is 0.664. The summed E-state index contributed by atoms with van der Waals surface area (Å²) in [5.41, 5.74) is 0.625. The number of thiazole rings is 1. The summed E-state index contributed by atoms with van der Waals surface area (Å²) >= 11 is 1.16. The SMILES string of the molecule is COCC(=O)Nc1nc(C)c(CC(=O)O)s1. The number of carbonyl (C=O) groups excluding carboxylic acids is 1. The summed E-state index contributed by atoms with van der Waals surface area (Å²) in [5.74, 6) is -1.22. The number of methoxy groups -OCH3 is 1. The summed E-state index contributed by atoms with van der Waals surface area (Å²) < 4.78 is 4.65. The Balaban J connectivity index is 2.69. The first-order valence-electron chi connectivity index (χ1n) is 4.49. The van der Waals surface area contributed by atoms with Gasteiger partial charge in [-0.25, -0.2) is 4.98 Å². The minimum absolute atomic E-state index is 0.0487. The fourth-order valence-electron chi connectivity index (χ4n) is 1.07. The van der Waals surface area contributed by atoms with Gasteiger partial charge in [0.2, 0.25) is 0 Å². The predicted molar refractivity (Wildman–Crippen MR) is 58.7 cm³/mol. The molecule has 0 saturated heterocycles. The third-order valence-electron chi connectivity index (χ3n) is 1.73. The number of nitrogens with one attached hydrogen (secondary N) is 1. The highest BCUT2D eigenvalue weighted by Gasteiger charge is 2.12. The molecule has 0 aromatic carbocycles. The van der Waals surface area contributed by atoms with E-state index < -0.39 is 5.97 Å². The second-order valence-corrected chi connectivity index (χ2v) is 4.16. The highest BCUT2D eigenvalue weighted by Crippen LogP contribution is 2.22. The molecular weight excluding hydrogens is 232 g/mol. The zero-order chi connectivity index (χ0) is 12.1. The number of hydrogen-bond donors (Lipinski definition) is 2. The maximum absolute atomic E-state index is 11.2. The fraction of sp³-hybridized carbons (Fsp3) is 0.444. The second-order valence-electron chi connectivity index (χ2n) is 3.08. The molecule has 6 nitrogen and oxygen atoms in total. The Morgan fingerprint density at radius 1 is 1.56 bits per heavy atom. The lowest BCUT2D eigenvalue weighted by molar-refractivity contribution is -0.136. The van der Waals surface area contributed by atoms with Gasteiger partial charge in [0.25, 0.3) is 5.91 Å². The van der Waals surface area contributed by atoms with E-state index in [2.05, 4.69) is 15.0 Å². The zero-order valence-electron chi connectivity index (χ0n) is 8.94. The van der Waals surface area contributed by atoms with Gasteiger partial charge in [-0.15, -0.1) is 11.3 Å². The molecule has 0 unspecified atom stereocenters. The monoisotopic (exact) mass is 244 g/mol. The summed E-state index contributed by atoms with van der Waals surface area (Å²) in [6.07, 6.45) is -0.0797. The zero-order valence-corrected chi connectivity index (χ0v) is 9.76. The van der Waals surface area contributed by atoms with Crippen LogP contribution in [0.2, 0.25) is 0 Å². The van der Waals surface area contributed by atoms with Crippen LogP contribution in [0.15, 0.2) is 0 Å². The largest absolute Gasteiger partial charge is 0.481 e. The van der Waals surface area contributed by atoms with Gasteiger partial charge in [0.15, 0.2) is 5.13 Å². The lowest BCUT2D eigenvalue weighted by atomic mass is 10.3. The Morgan fingerprint density at radius 3 is 2.81 bits per heavy atom. The number of anilines is 1. The molecule has 0 radical (unpaired) electrons. The highest BCUT2D eigenvalue weighted by atomic mass is 32.1. The van der Waals surface area contributed by atoms with Crippen molar-refractivity contribution in [1.29, 1.82) is 0 Å². The van der Waals surface area contributed by atoms with E-state index in [0.717, 1.165) is 11.3 Å². The Hall–Kier alpha value is -1.47. The van der Waals surface area contributed by atoms with Crippen molar-refractivity contribution in [2.75, 3.05) is 19.0 Å². The number of aromatic nitrogens is 1. The number of amides is 1.